The molecule has 0 spiro atoms. The molecule has 1 aliphatic heterocycles. The number of rotatable bonds is 12. The van der Waals surface area contributed by atoms with Gasteiger partial charge in [-0.25, -0.2) is 8.78 Å². The summed E-state index contributed by atoms with van der Waals surface area (Å²) in [5, 5.41) is 9.57. The molecule has 3 aromatic rings. The molecule has 1 aromatic heterocycles. The molecule has 4 nitrogen and oxygen atoms in total. The number of hydrogen-bond acceptors (Lipinski definition) is 4. The van der Waals surface area contributed by atoms with Gasteiger partial charge in [-0.1, -0.05) is 124 Å². The van der Waals surface area contributed by atoms with Crippen LogP contribution in [0.4, 0.5) is 8.78 Å². The summed E-state index contributed by atoms with van der Waals surface area (Å²) in [5.41, 5.74) is 6.23. The molecular formula is C45H67F2N3OS. The molecule has 0 saturated carbocycles. The van der Waals surface area contributed by atoms with Crippen LogP contribution in [-0.4, -0.2) is 28.4 Å². The van der Waals surface area contributed by atoms with Gasteiger partial charge in [0, 0.05) is 40.6 Å². The summed E-state index contributed by atoms with van der Waals surface area (Å²) < 4.78 is 30.6. The number of Topliss-reactive ketones (excluding diaryl/α,β-unsaturated/α-hetero) is 1. The van der Waals surface area contributed by atoms with Gasteiger partial charge in [-0.05, 0) is 79.5 Å². The summed E-state index contributed by atoms with van der Waals surface area (Å²) in [5.74, 6) is 0.547. The molecule has 52 heavy (non-hydrogen) atoms. The van der Waals surface area contributed by atoms with E-state index in [1.54, 1.807) is 12.5 Å². The van der Waals surface area contributed by atoms with Gasteiger partial charge in [0.2, 0.25) is 0 Å². The average molecular weight is 736 g/mol. The molecule has 0 aliphatic carbocycles. The third-order valence-corrected chi connectivity index (χ3v) is 9.42. The van der Waals surface area contributed by atoms with Gasteiger partial charge < -0.3 is 5.32 Å². The number of halogens is 2. The maximum Gasteiger partial charge on any atom is 0.165 e. The number of carbonyl (C=O) groups is 1. The standard InChI is InChI=1S/C32H38F2N2O.C6H11N.C6H14.CH4S/c1-7-10-22(6)16-28(27-15-13-25(33)18-30(27)34)29-19-35-36(31(29)11-8-2)20-23-12-14-26(24(9-3)17-23)32(37)21(4)5;1-5-3-4-7-6(5)2;1-4-6(3)5-2;1-2/h11-19,21H,7-10,20H2,1-6H3;5,7H,2-4H2,1H3;6H,4-5H2,1-3H3;2H,1H3/b22-16+,29-28+,31-11+;;;. The van der Waals surface area contributed by atoms with E-state index in [0.29, 0.717) is 23.6 Å². The smallest absolute Gasteiger partial charge is 0.165 e. The molecule has 4 rings (SSSR count). The predicted molar refractivity (Wildman–Crippen MR) is 223 cm³/mol. The molecule has 1 N–H and O–H groups in total. The zero-order valence-corrected chi connectivity index (χ0v) is 34.9. The highest BCUT2D eigenvalue weighted by Crippen LogP contribution is 2.21. The molecule has 288 valence electrons. The zero-order valence-electron chi connectivity index (χ0n) is 34.0. The van der Waals surface area contributed by atoms with E-state index >= 15 is 0 Å². The fourth-order valence-electron chi connectivity index (χ4n) is 5.71. The molecule has 0 radical (unpaired) electrons. The number of benzene rings is 2. The highest BCUT2D eigenvalue weighted by molar-refractivity contribution is 7.79. The number of thiol groups is 1. The van der Waals surface area contributed by atoms with Crippen LogP contribution in [0.5, 0.6) is 0 Å². The van der Waals surface area contributed by atoms with Crippen LogP contribution in [0, 0.1) is 29.4 Å². The molecule has 1 saturated heterocycles. The van der Waals surface area contributed by atoms with Crippen LogP contribution in [0.1, 0.15) is 135 Å². The van der Waals surface area contributed by atoms with Gasteiger partial charge in [-0.15, -0.1) is 0 Å². The second kappa shape index (κ2) is 24.7. The summed E-state index contributed by atoms with van der Waals surface area (Å²) in [6.07, 6.45) is 14.9. The van der Waals surface area contributed by atoms with E-state index in [9.17, 15) is 13.6 Å². The first-order valence-corrected chi connectivity index (χ1v) is 20.1. The highest BCUT2D eigenvalue weighted by Gasteiger charge is 2.16. The van der Waals surface area contributed by atoms with Gasteiger partial charge in [-0.2, -0.15) is 17.7 Å². The van der Waals surface area contributed by atoms with Gasteiger partial charge in [-0.3, -0.25) is 9.48 Å². The van der Waals surface area contributed by atoms with Crippen molar-refractivity contribution in [2.24, 2.45) is 17.8 Å². The number of allylic oxidation sites excluding steroid dienone is 3. The molecular weight excluding hydrogens is 669 g/mol. The Balaban J connectivity index is 0.000000750. The van der Waals surface area contributed by atoms with Crippen molar-refractivity contribution in [1.82, 2.24) is 15.1 Å². The van der Waals surface area contributed by atoms with Crippen molar-refractivity contribution in [3.05, 3.63) is 111 Å². The molecule has 2 aromatic carbocycles. The SMILES string of the molecule is C=C1NCCC1C.CCC(C)CC.CC\C=c1/c(=C(\C=C(/C)CCC)c2ccc(F)cc2F)cnn1Cc1ccc(C(=O)C(C)C)c(CC)c1.CS. The van der Waals surface area contributed by atoms with Gasteiger partial charge in [0.15, 0.2) is 5.78 Å². The summed E-state index contributed by atoms with van der Waals surface area (Å²) >= 11 is 3.53. The van der Waals surface area contributed by atoms with Crippen LogP contribution >= 0.6 is 12.6 Å². The second-order valence-corrected chi connectivity index (χ2v) is 13.9. The lowest BCUT2D eigenvalue weighted by atomic mass is 9.93. The van der Waals surface area contributed by atoms with E-state index in [4.69, 9.17) is 5.10 Å². The minimum Gasteiger partial charge on any atom is -0.389 e. The van der Waals surface area contributed by atoms with Crippen LogP contribution in [0.3, 0.4) is 0 Å². The summed E-state index contributed by atoms with van der Waals surface area (Å²) in [7, 11) is 0. The van der Waals surface area contributed by atoms with Crippen molar-refractivity contribution >= 4 is 30.1 Å². The fourth-order valence-corrected chi connectivity index (χ4v) is 5.71. The van der Waals surface area contributed by atoms with E-state index in [0.717, 1.165) is 77.0 Å². The number of ketones is 1. The summed E-state index contributed by atoms with van der Waals surface area (Å²) in [6.45, 7) is 26.5. The van der Waals surface area contributed by atoms with Crippen molar-refractivity contribution < 1.29 is 13.6 Å². The van der Waals surface area contributed by atoms with Crippen molar-refractivity contribution in [2.45, 2.75) is 121 Å². The number of aromatic nitrogens is 2. The fraction of sp³-hybridized carbons (Fsp3) is 0.511. The zero-order chi connectivity index (χ0) is 39.4. The molecule has 0 bridgehead atoms. The Kier molecular flexibility index (Phi) is 22.1. The Labute approximate surface area is 320 Å². The maximum absolute atomic E-state index is 15.0. The molecule has 1 fully saturated rings. The van der Waals surface area contributed by atoms with Crippen molar-refractivity contribution in [1.29, 1.82) is 0 Å². The topological polar surface area (TPSA) is 46.9 Å². The maximum atomic E-state index is 15.0. The molecule has 1 aliphatic rings. The Bertz CT molecular complexity index is 1700. The second-order valence-electron chi connectivity index (χ2n) is 13.9. The van der Waals surface area contributed by atoms with Crippen LogP contribution in [0.2, 0.25) is 0 Å². The van der Waals surface area contributed by atoms with Crippen molar-refractivity contribution in [3.8, 4) is 0 Å². The first-order valence-electron chi connectivity index (χ1n) is 19.2. The molecule has 7 heteroatoms. The van der Waals surface area contributed by atoms with Crippen LogP contribution in [0.25, 0.3) is 11.6 Å². The molecule has 1 unspecified atom stereocenters. The average Bonchev–Trinajstić information content (AvgIpc) is 3.71. The van der Waals surface area contributed by atoms with Crippen molar-refractivity contribution in [3.63, 3.8) is 0 Å². The third-order valence-electron chi connectivity index (χ3n) is 9.42. The lowest BCUT2D eigenvalue weighted by molar-refractivity contribution is 0.0938. The van der Waals surface area contributed by atoms with Gasteiger partial charge >= 0.3 is 0 Å². The summed E-state index contributed by atoms with van der Waals surface area (Å²) in [4.78, 5) is 12.6. The van der Waals surface area contributed by atoms with E-state index in [2.05, 4.69) is 85.1 Å². The number of nitrogens with one attached hydrogen (secondary N) is 1. The minimum atomic E-state index is -0.600. The number of carbonyl (C=O) groups excluding carboxylic acids is 1. The van der Waals surface area contributed by atoms with E-state index < -0.39 is 11.6 Å². The van der Waals surface area contributed by atoms with Crippen LogP contribution in [-0.2, 0) is 13.0 Å². The molecule has 2 heterocycles. The Morgan fingerprint density at radius 1 is 1.04 bits per heavy atom. The largest absolute Gasteiger partial charge is 0.389 e. The highest BCUT2D eigenvalue weighted by atomic mass is 32.1. The van der Waals surface area contributed by atoms with Crippen LogP contribution in [0.15, 0.2) is 66.5 Å². The normalized spacial score (nSPS) is 14.9. The van der Waals surface area contributed by atoms with E-state index in [-0.39, 0.29) is 11.7 Å². The predicted octanol–water partition coefficient (Wildman–Crippen LogP) is 10.9. The Morgan fingerprint density at radius 2 is 1.69 bits per heavy atom. The third kappa shape index (κ3) is 14.5. The van der Waals surface area contributed by atoms with Gasteiger partial charge in [0.1, 0.15) is 11.6 Å². The lowest BCUT2D eigenvalue weighted by Crippen LogP contribution is -2.32. The Hall–Kier alpha value is -3.45. The molecule has 0 amide bonds. The number of aryl methyl sites for hydroxylation is 1. The quantitative estimate of drug-likeness (QED) is 0.144. The first kappa shape index (κ1) is 46.6. The van der Waals surface area contributed by atoms with Crippen molar-refractivity contribution in [2.75, 3.05) is 12.8 Å². The monoisotopic (exact) mass is 735 g/mol. The minimum absolute atomic E-state index is 0.0550. The van der Waals surface area contributed by atoms with E-state index in [1.807, 2.05) is 43.7 Å². The summed E-state index contributed by atoms with van der Waals surface area (Å²) in [6, 6.07) is 9.72. The van der Waals surface area contributed by atoms with Gasteiger partial charge in [0.25, 0.3) is 0 Å². The number of hydrogen-bond donors (Lipinski definition) is 2. The number of nitrogens with zero attached hydrogens (tertiary/aromatic N) is 2. The Morgan fingerprint density at radius 3 is 2.15 bits per heavy atom. The first-order chi connectivity index (χ1) is 24.8. The van der Waals surface area contributed by atoms with Crippen LogP contribution < -0.4 is 15.9 Å². The lowest BCUT2D eigenvalue weighted by Gasteiger charge is -2.12. The van der Waals surface area contributed by atoms with Gasteiger partial charge in [0.05, 0.1) is 18.1 Å². The van der Waals surface area contributed by atoms with E-state index in [1.165, 1.54) is 37.1 Å². The molecule has 1 atom stereocenters.